The fourth-order valence-corrected chi connectivity index (χ4v) is 2.13. The van der Waals surface area contributed by atoms with Gasteiger partial charge < -0.3 is 4.98 Å². The molecule has 2 aromatic rings. The van der Waals surface area contributed by atoms with Gasteiger partial charge in [-0.25, -0.2) is 4.98 Å². The maximum absolute atomic E-state index is 11.6. The zero-order valence-electron chi connectivity index (χ0n) is 9.43. The van der Waals surface area contributed by atoms with Crippen molar-refractivity contribution in [3.05, 3.63) is 59.3 Å². The second-order valence-electron chi connectivity index (χ2n) is 3.84. The molecule has 0 radical (unpaired) electrons. The predicted octanol–water partition coefficient (Wildman–Crippen LogP) is 3.58. The molecule has 1 aromatic carbocycles. The summed E-state index contributed by atoms with van der Waals surface area (Å²) in [5, 5.41) is 1.01. The van der Waals surface area contributed by atoms with Gasteiger partial charge in [0.1, 0.15) is 5.82 Å². The monoisotopic (exact) mass is 394 g/mol. The third-order valence-corrected chi connectivity index (χ3v) is 4.44. The van der Waals surface area contributed by atoms with Crippen LogP contribution in [0.2, 0.25) is 10.0 Å². The number of benzene rings is 1. The molecule has 0 bridgehead atoms. The van der Waals surface area contributed by atoms with E-state index in [0.717, 1.165) is 11.3 Å². The highest BCUT2D eigenvalue weighted by atomic mass is 127. The van der Waals surface area contributed by atoms with Crippen molar-refractivity contribution < 1.29 is 0 Å². The summed E-state index contributed by atoms with van der Waals surface area (Å²) in [6, 6.07) is 5.37. The van der Waals surface area contributed by atoms with Crippen LogP contribution in [-0.4, -0.2) is 9.97 Å². The van der Waals surface area contributed by atoms with Crippen LogP contribution < -0.4 is 5.56 Å². The van der Waals surface area contributed by atoms with Crippen LogP contribution >= 0.6 is 45.8 Å². The van der Waals surface area contributed by atoms with Gasteiger partial charge in [-0.15, -0.1) is 0 Å². The molecule has 0 spiro atoms. The molecule has 1 aromatic heterocycles. The Morgan fingerprint density at radius 3 is 2.67 bits per heavy atom. The minimum Gasteiger partial charge on any atom is -0.309 e. The summed E-state index contributed by atoms with van der Waals surface area (Å²) in [6.07, 6.45) is 0.518. The SMILES string of the molecule is Cc1nc(Cc2ccc(Cl)c(Cl)c2)[nH]c(=O)c1I. The van der Waals surface area contributed by atoms with Crippen LogP contribution in [0.4, 0.5) is 0 Å². The number of aryl methyl sites for hydroxylation is 1. The normalized spacial score (nSPS) is 10.7. The van der Waals surface area contributed by atoms with Gasteiger partial charge in [-0.2, -0.15) is 0 Å². The number of aromatic amines is 1. The van der Waals surface area contributed by atoms with E-state index in [1.807, 2.05) is 35.6 Å². The van der Waals surface area contributed by atoms with Crippen molar-refractivity contribution in [3.63, 3.8) is 0 Å². The second kappa shape index (κ2) is 5.59. The quantitative estimate of drug-likeness (QED) is 0.791. The fourth-order valence-electron chi connectivity index (χ4n) is 1.56. The molecule has 6 heteroatoms. The number of nitrogens with zero attached hydrogens (tertiary/aromatic N) is 1. The molecule has 0 amide bonds. The molecule has 1 N–H and O–H groups in total. The van der Waals surface area contributed by atoms with Crippen molar-refractivity contribution in [2.24, 2.45) is 0 Å². The minimum atomic E-state index is -0.113. The highest BCUT2D eigenvalue weighted by molar-refractivity contribution is 14.1. The van der Waals surface area contributed by atoms with Gasteiger partial charge in [0, 0.05) is 6.42 Å². The first-order valence-corrected chi connectivity index (χ1v) is 7.00. The minimum absolute atomic E-state index is 0.113. The van der Waals surface area contributed by atoms with Gasteiger partial charge in [0.15, 0.2) is 0 Å². The first kappa shape index (κ1) is 13.8. The van der Waals surface area contributed by atoms with Gasteiger partial charge in [0.2, 0.25) is 0 Å². The zero-order chi connectivity index (χ0) is 13.3. The summed E-state index contributed by atoms with van der Waals surface area (Å²) < 4.78 is 0.616. The molecular weight excluding hydrogens is 386 g/mol. The molecule has 0 fully saturated rings. The second-order valence-corrected chi connectivity index (χ2v) is 5.73. The van der Waals surface area contributed by atoms with Gasteiger partial charge in [0.25, 0.3) is 5.56 Å². The number of halogens is 3. The van der Waals surface area contributed by atoms with Crippen LogP contribution in [0.3, 0.4) is 0 Å². The van der Waals surface area contributed by atoms with Gasteiger partial charge >= 0.3 is 0 Å². The largest absolute Gasteiger partial charge is 0.309 e. The van der Waals surface area contributed by atoms with Gasteiger partial charge in [-0.1, -0.05) is 29.3 Å². The summed E-state index contributed by atoms with van der Waals surface area (Å²) >= 11 is 13.8. The molecule has 0 atom stereocenters. The fraction of sp³-hybridized carbons (Fsp3) is 0.167. The Balaban J connectivity index is 2.34. The molecule has 18 heavy (non-hydrogen) atoms. The van der Waals surface area contributed by atoms with Gasteiger partial charge in [-0.05, 0) is 47.2 Å². The molecule has 3 nitrogen and oxygen atoms in total. The molecule has 0 aliphatic heterocycles. The van der Waals surface area contributed by atoms with Crippen molar-refractivity contribution in [3.8, 4) is 0 Å². The number of hydrogen-bond donors (Lipinski definition) is 1. The number of hydrogen-bond acceptors (Lipinski definition) is 2. The number of aromatic nitrogens is 2. The lowest BCUT2D eigenvalue weighted by molar-refractivity contribution is 0.910. The Hall–Kier alpha value is -0.590. The molecule has 0 aliphatic carbocycles. The highest BCUT2D eigenvalue weighted by Crippen LogP contribution is 2.23. The van der Waals surface area contributed by atoms with Crippen LogP contribution in [0.5, 0.6) is 0 Å². The molecule has 94 valence electrons. The Labute approximate surface area is 128 Å². The molecule has 0 saturated carbocycles. The third kappa shape index (κ3) is 3.05. The van der Waals surface area contributed by atoms with Crippen molar-refractivity contribution >= 4 is 45.8 Å². The molecule has 0 saturated heterocycles. The average Bonchev–Trinajstić information content (AvgIpc) is 2.31. The maximum atomic E-state index is 11.6. The number of H-pyrrole nitrogens is 1. The Bertz CT molecular complexity index is 655. The van der Waals surface area contributed by atoms with Crippen LogP contribution in [0.25, 0.3) is 0 Å². The zero-order valence-corrected chi connectivity index (χ0v) is 13.1. The van der Waals surface area contributed by atoms with E-state index < -0.39 is 0 Å². The van der Waals surface area contributed by atoms with E-state index in [0.29, 0.717) is 25.9 Å². The van der Waals surface area contributed by atoms with E-state index in [1.54, 1.807) is 12.1 Å². The van der Waals surface area contributed by atoms with Crippen LogP contribution in [0, 0.1) is 10.5 Å². The third-order valence-electron chi connectivity index (χ3n) is 2.43. The van der Waals surface area contributed by atoms with E-state index in [1.165, 1.54) is 0 Å². The summed E-state index contributed by atoms with van der Waals surface area (Å²) in [5.74, 6) is 0.622. The van der Waals surface area contributed by atoms with Crippen molar-refractivity contribution in [1.29, 1.82) is 0 Å². The molecule has 0 unspecified atom stereocenters. The van der Waals surface area contributed by atoms with E-state index >= 15 is 0 Å². The first-order chi connectivity index (χ1) is 8.47. The van der Waals surface area contributed by atoms with E-state index in [-0.39, 0.29) is 5.56 Å². The van der Waals surface area contributed by atoms with Crippen molar-refractivity contribution in [1.82, 2.24) is 9.97 Å². The Morgan fingerprint density at radius 1 is 1.33 bits per heavy atom. The summed E-state index contributed by atoms with van der Waals surface area (Å²) in [5.41, 5.74) is 1.57. The lowest BCUT2D eigenvalue weighted by atomic mass is 10.1. The maximum Gasteiger partial charge on any atom is 0.264 e. The van der Waals surface area contributed by atoms with E-state index in [9.17, 15) is 4.79 Å². The molecule has 0 aliphatic rings. The summed E-state index contributed by atoms with van der Waals surface area (Å²) in [4.78, 5) is 18.7. The van der Waals surface area contributed by atoms with Crippen molar-refractivity contribution in [2.75, 3.05) is 0 Å². The number of rotatable bonds is 2. The van der Waals surface area contributed by atoms with Gasteiger partial charge in [-0.3, -0.25) is 4.79 Å². The lowest BCUT2D eigenvalue weighted by Crippen LogP contribution is -2.16. The van der Waals surface area contributed by atoms with Crippen LogP contribution in [0.15, 0.2) is 23.0 Å². The summed E-state index contributed by atoms with van der Waals surface area (Å²) in [6.45, 7) is 1.81. The summed E-state index contributed by atoms with van der Waals surface area (Å²) in [7, 11) is 0. The van der Waals surface area contributed by atoms with Crippen molar-refractivity contribution in [2.45, 2.75) is 13.3 Å². The van der Waals surface area contributed by atoms with Gasteiger partial charge in [0.05, 0.1) is 19.3 Å². The molecule has 2 rings (SSSR count). The first-order valence-electron chi connectivity index (χ1n) is 5.16. The van der Waals surface area contributed by atoms with Crippen LogP contribution in [-0.2, 0) is 6.42 Å². The topological polar surface area (TPSA) is 45.8 Å². The molecule has 1 heterocycles. The average molecular weight is 395 g/mol. The predicted molar refractivity (Wildman–Crippen MR) is 81.6 cm³/mol. The van der Waals surface area contributed by atoms with E-state index in [2.05, 4.69) is 9.97 Å². The lowest BCUT2D eigenvalue weighted by Gasteiger charge is -2.05. The van der Waals surface area contributed by atoms with Crippen LogP contribution in [0.1, 0.15) is 17.1 Å². The smallest absolute Gasteiger partial charge is 0.264 e. The Kier molecular flexibility index (Phi) is 4.29. The number of nitrogens with one attached hydrogen (secondary N) is 1. The molecular formula is C12H9Cl2IN2O. The Morgan fingerprint density at radius 2 is 2.06 bits per heavy atom. The highest BCUT2D eigenvalue weighted by Gasteiger charge is 2.07. The standard InChI is InChI=1S/C12H9Cl2IN2O/c1-6-11(15)12(18)17-10(16-6)5-7-2-3-8(13)9(14)4-7/h2-4H,5H2,1H3,(H,16,17,18). The van der Waals surface area contributed by atoms with E-state index in [4.69, 9.17) is 23.2 Å².